The summed E-state index contributed by atoms with van der Waals surface area (Å²) < 4.78 is 31.0. The minimum absolute atomic E-state index is 0. The molecule has 0 fully saturated rings. The van der Waals surface area contributed by atoms with E-state index in [4.69, 9.17) is 5.11 Å². The number of carboxylic acid groups (broad SMARTS) is 1. The average molecular weight is 268 g/mol. The van der Waals surface area contributed by atoms with Crippen molar-refractivity contribution in [1.29, 1.82) is 0 Å². The second-order valence-electron chi connectivity index (χ2n) is 3.32. The third-order valence-corrected chi connectivity index (χ3v) is 2.14. The molecule has 1 atom stereocenters. The molecule has 0 spiro atoms. The van der Waals surface area contributed by atoms with Crippen molar-refractivity contribution in [2.75, 3.05) is 7.11 Å². The molecule has 0 radical (unpaired) electrons. The highest BCUT2D eigenvalue weighted by atomic mass is 35.5. The number of carboxylic acids is 1. The first-order valence-corrected chi connectivity index (χ1v) is 4.53. The molecule has 0 aliphatic heterocycles. The SMILES string of the molecule is COc1cc(CC([NH3+])C(=O)O)c(F)cc1F.[Cl-]. The van der Waals surface area contributed by atoms with Gasteiger partial charge in [0.1, 0.15) is 5.82 Å². The summed E-state index contributed by atoms with van der Waals surface area (Å²) in [7, 11) is 1.25. The van der Waals surface area contributed by atoms with Gasteiger partial charge >= 0.3 is 5.97 Å². The Labute approximate surface area is 103 Å². The topological polar surface area (TPSA) is 74.2 Å². The lowest BCUT2D eigenvalue weighted by molar-refractivity contribution is -0.407. The number of carbonyl (C=O) groups is 1. The summed E-state index contributed by atoms with van der Waals surface area (Å²) in [6, 6.07) is 0.832. The smallest absolute Gasteiger partial charge is 0.362 e. The van der Waals surface area contributed by atoms with Gasteiger partial charge in [-0.05, 0) is 11.6 Å². The first-order chi connectivity index (χ1) is 7.45. The Kier molecular flexibility index (Phi) is 5.84. The Morgan fingerprint density at radius 3 is 2.53 bits per heavy atom. The largest absolute Gasteiger partial charge is 1.00 e. The number of quaternary nitrogens is 1. The molecular weight excluding hydrogens is 256 g/mol. The minimum atomic E-state index is -1.14. The molecule has 0 saturated heterocycles. The van der Waals surface area contributed by atoms with Gasteiger partial charge in [0.15, 0.2) is 17.6 Å². The quantitative estimate of drug-likeness (QED) is 0.620. The molecule has 1 aromatic rings. The second kappa shape index (κ2) is 6.36. The van der Waals surface area contributed by atoms with E-state index in [2.05, 4.69) is 10.5 Å². The van der Waals surface area contributed by atoms with Crippen LogP contribution >= 0.6 is 0 Å². The van der Waals surface area contributed by atoms with Crippen molar-refractivity contribution in [3.05, 3.63) is 29.3 Å². The van der Waals surface area contributed by atoms with Crippen LogP contribution in [0.5, 0.6) is 5.75 Å². The lowest BCUT2D eigenvalue weighted by atomic mass is 10.1. The van der Waals surface area contributed by atoms with Gasteiger partial charge < -0.3 is 28.0 Å². The fourth-order valence-corrected chi connectivity index (χ4v) is 1.24. The maximum absolute atomic E-state index is 13.3. The highest BCUT2D eigenvalue weighted by Crippen LogP contribution is 2.21. The van der Waals surface area contributed by atoms with Gasteiger partial charge in [-0.15, -0.1) is 0 Å². The van der Waals surface area contributed by atoms with Gasteiger partial charge in [0.05, 0.1) is 7.11 Å². The van der Waals surface area contributed by atoms with Gasteiger partial charge in [-0.3, -0.25) is 0 Å². The Morgan fingerprint density at radius 2 is 2.06 bits per heavy atom. The van der Waals surface area contributed by atoms with E-state index in [-0.39, 0.29) is 30.1 Å². The summed E-state index contributed by atoms with van der Waals surface area (Å²) >= 11 is 0. The average Bonchev–Trinajstić information content (AvgIpc) is 2.21. The normalized spacial score (nSPS) is 11.5. The summed E-state index contributed by atoms with van der Waals surface area (Å²) in [5.74, 6) is -2.87. The number of rotatable bonds is 4. The van der Waals surface area contributed by atoms with E-state index in [1.54, 1.807) is 0 Å². The summed E-state index contributed by atoms with van der Waals surface area (Å²) in [4.78, 5) is 10.5. The first kappa shape index (κ1) is 15.6. The Bertz CT molecular complexity index is 415. The zero-order valence-electron chi connectivity index (χ0n) is 9.04. The molecule has 96 valence electrons. The van der Waals surface area contributed by atoms with Crippen LogP contribution in [0.4, 0.5) is 8.78 Å². The molecule has 7 heteroatoms. The zero-order valence-corrected chi connectivity index (χ0v) is 9.80. The molecule has 1 rings (SSSR count). The number of benzene rings is 1. The Hall–Kier alpha value is -1.40. The predicted molar refractivity (Wildman–Crippen MR) is 50.9 cm³/mol. The van der Waals surface area contributed by atoms with Crippen LogP contribution in [0.1, 0.15) is 5.56 Å². The number of methoxy groups -OCH3 is 1. The van der Waals surface area contributed by atoms with Crippen LogP contribution in [-0.4, -0.2) is 24.2 Å². The molecular formula is C10H12ClF2NO3. The van der Waals surface area contributed by atoms with Gasteiger partial charge in [-0.1, -0.05) is 0 Å². The summed E-state index contributed by atoms with van der Waals surface area (Å²) in [5.41, 5.74) is 3.42. The van der Waals surface area contributed by atoms with Crippen molar-refractivity contribution in [1.82, 2.24) is 0 Å². The highest BCUT2D eigenvalue weighted by molar-refractivity contribution is 5.72. The molecule has 0 aromatic heterocycles. The number of hydrogen-bond acceptors (Lipinski definition) is 2. The van der Waals surface area contributed by atoms with Crippen LogP contribution in [0.15, 0.2) is 12.1 Å². The predicted octanol–water partition coefficient (Wildman–Crippen LogP) is -2.78. The van der Waals surface area contributed by atoms with Gasteiger partial charge in [-0.2, -0.15) is 0 Å². The lowest BCUT2D eigenvalue weighted by Gasteiger charge is -2.08. The Morgan fingerprint density at radius 1 is 1.47 bits per heavy atom. The molecule has 1 aromatic carbocycles. The molecule has 1 unspecified atom stereocenters. The van der Waals surface area contributed by atoms with Crippen LogP contribution in [0.2, 0.25) is 0 Å². The number of halogens is 3. The zero-order chi connectivity index (χ0) is 12.3. The summed E-state index contributed by atoms with van der Waals surface area (Å²) in [6.45, 7) is 0. The van der Waals surface area contributed by atoms with E-state index < -0.39 is 23.6 Å². The summed E-state index contributed by atoms with van der Waals surface area (Å²) in [6.07, 6.45) is -0.113. The maximum Gasteiger partial charge on any atom is 0.362 e. The van der Waals surface area contributed by atoms with E-state index in [0.29, 0.717) is 6.07 Å². The van der Waals surface area contributed by atoms with Crippen LogP contribution < -0.4 is 22.9 Å². The third kappa shape index (κ3) is 3.83. The monoisotopic (exact) mass is 267 g/mol. The minimum Gasteiger partial charge on any atom is -1.00 e. The fourth-order valence-electron chi connectivity index (χ4n) is 1.24. The van der Waals surface area contributed by atoms with Crippen molar-refractivity contribution in [3.63, 3.8) is 0 Å². The van der Waals surface area contributed by atoms with Crippen molar-refractivity contribution < 1.29 is 41.6 Å². The second-order valence-corrected chi connectivity index (χ2v) is 3.32. The van der Waals surface area contributed by atoms with E-state index >= 15 is 0 Å². The van der Waals surface area contributed by atoms with Crippen molar-refractivity contribution in [2.24, 2.45) is 0 Å². The first-order valence-electron chi connectivity index (χ1n) is 4.53. The molecule has 0 saturated carbocycles. The molecule has 0 aliphatic rings. The van der Waals surface area contributed by atoms with E-state index in [1.807, 2.05) is 0 Å². The molecule has 4 nitrogen and oxygen atoms in total. The number of ether oxygens (including phenoxy) is 1. The molecule has 0 aliphatic carbocycles. The Balaban J connectivity index is 0.00000256. The van der Waals surface area contributed by atoms with E-state index in [9.17, 15) is 13.6 Å². The van der Waals surface area contributed by atoms with Crippen LogP contribution in [-0.2, 0) is 11.2 Å². The van der Waals surface area contributed by atoms with Crippen LogP contribution in [0.25, 0.3) is 0 Å². The molecule has 0 amide bonds. The molecule has 4 N–H and O–H groups in total. The highest BCUT2D eigenvalue weighted by Gasteiger charge is 2.20. The van der Waals surface area contributed by atoms with E-state index in [1.165, 1.54) is 7.11 Å². The van der Waals surface area contributed by atoms with Gasteiger partial charge in [0, 0.05) is 12.5 Å². The number of hydrogen-bond donors (Lipinski definition) is 2. The van der Waals surface area contributed by atoms with Crippen molar-refractivity contribution in [2.45, 2.75) is 12.5 Å². The maximum atomic E-state index is 13.3. The van der Waals surface area contributed by atoms with Crippen molar-refractivity contribution in [3.8, 4) is 5.75 Å². The fraction of sp³-hybridized carbons (Fsp3) is 0.300. The van der Waals surface area contributed by atoms with E-state index in [0.717, 1.165) is 6.07 Å². The molecule has 17 heavy (non-hydrogen) atoms. The lowest BCUT2D eigenvalue weighted by Crippen LogP contribution is -3.00. The molecule has 0 heterocycles. The standard InChI is InChI=1S/C10H11F2NO3.ClH/c1-16-9-3-5(2-8(13)10(14)15)6(11)4-7(9)12;/h3-4,8H,2,13H2,1H3,(H,14,15);1H. The molecule has 0 bridgehead atoms. The van der Waals surface area contributed by atoms with Crippen LogP contribution in [0.3, 0.4) is 0 Å². The van der Waals surface area contributed by atoms with Gasteiger partial charge in [0.2, 0.25) is 0 Å². The van der Waals surface area contributed by atoms with Crippen molar-refractivity contribution >= 4 is 5.97 Å². The third-order valence-electron chi connectivity index (χ3n) is 2.14. The van der Waals surface area contributed by atoms with Crippen LogP contribution in [0, 0.1) is 11.6 Å². The number of aliphatic carboxylic acids is 1. The van der Waals surface area contributed by atoms with Gasteiger partial charge in [0.25, 0.3) is 0 Å². The van der Waals surface area contributed by atoms with Gasteiger partial charge in [-0.25, -0.2) is 13.6 Å². The summed E-state index contributed by atoms with van der Waals surface area (Å²) in [5, 5.41) is 8.63.